The molecule has 1 rings (SSSR count). The van der Waals surface area contributed by atoms with Crippen molar-refractivity contribution < 1.29 is 9.90 Å². The Bertz CT molecular complexity index is 414. The molecule has 0 radical (unpaired) electrons. The highest BCUT2D eigenvalue weighted by atomic mass is 32.1. The third-order valence-corrected chi connectivity index (χ3v) is 5.41. The van der Waals surface area contributed by atoms with Gasteiger partial charge in [0, 0.05) is 16.8 Å². The fraction of sp³-hybridized carbons (Fsp3) is 0.667. The van der Waals surface area contributed by atoms with E-state index >= 15 is 0 Å². The monoisotopic (exact) mass is 283 g/mol. The van der Waals surface area contributed by atoms with Crippen molar-refractivity contribution in [2.75, 3.05) is 13.2 Å². The van der Waals surface area contributed by atoms with Gasteiger partial charge in [-0.25, -0.2) is 0 Å². The second kappa shape index (κ2) is 7.06. The zero-order valence-corrected chi connectivity index (χ0v) is 13.2. The van der Waals surface area contributed by atoms with Crippen molar-refractivity contribution in [1.29, 1.82) is 0 Å². The molecule has 0 aliphatic carbocycles. The molecule has 0 fully saturated rings. The second-order valence-electron chi connectivity index (χ2n) is 5.12. The number of aryl methyl sites for hydroxylation is 2. The van der Waals surface area contributed by atoms with Crippen LogP contribution in [0.25, 0.3) is 0 Å². The summed E-state index contributed by atoms with van der Waals surface area (Å²) in [5, 5.41) is 12.5. The maximum absolute atomic E-state index is 12.1. The molecule has 1 aromatic rings. The topological polar surface area (TPSA) is 49.3 Å². The van der Waals surface area contributed by atoms with Crippen LogP contribution in [-0.4, -0.2) is 24.2 Å². The molecule has 0 bridgehead atoms. The van der Waals surface area contributed by atoms with Crippen LogP contribution >= 0.6 is 11.3 Å². The first kappa shape index (κ1) is 16.2. The van der Waals surface area contributed by atoms with Crippen LogP contribution in [0, 0.1) is 12.3 Å². The number of carbonyl (C=O) groups excluding carboxylic acids is 1. The van der Waals surface area contributed by atoms with Gasteiger partial charge >= 0.3 is 0 Å². The summed E-state index contributed by atoms with van der Waals surface area (Å²) in [7, 11) is 0. The van der Waals surface area contributed by atoms with Gasteiger partial charge in [-0.05, 0) is 37.8 Å². The van der Waals surface area contributed by atoms with Crippen LogP contribution < -0.4 is 5.32 Å². The molecule has 0 saturated heterocycles. The minimum Gasteiger partial charge on any atom is -0.396 e. The molecule has 0 unspecified atom stereocenters. The third kappa shape index (κ3) is 3.80. The Labute approximate surface area is 120 Å². The van der Waals surface area contributed by atoms with Crippen LogP contribution in [-0.2, 0) is 6.42 Å². The molecule has 0 spiro atoms. The van der Waals surface area contributed by atoms with E-state index in [4.69, 9.17) is 0 Å². The van der Waals surface area contributed by atoms with Crippen LogP contribution in [0.5, 0.6) is 0 Å². The predicted molar refractivity (Wildman–Crippen MR) is 80.9 cm³/mol. The van der Waals surface area contributed by atoms with Gasteiger partial charge in [0.05, 0.1) is 11.5 Å². The Morgan fingerprint density at radius 2 is 2.00 bits per heavy atom. The largest absolute Gasteiger partial charge is 0.396 e. The maximum atomic E-state index is 12.1. The number of rotatable bonds is 7. The van der Waals surface area contributed by atoms with E-state index in [1.54, 1.807) is 11.3 Å². The van der Waals surface area contributed by atoms with Gasteiger partial charge in [0.15, 0.2) is 0 Å². The van der Waals surface area contributed by atoms with Crippen molar-refractivity contribution in [1.82, 2.24) is 5.32 Å². The second-order valence-corrected chi connectivity index (χ2v) is 6.26. The molecule has 0 saturated carbocycles. The summed E-state index contributed by atoms with van der Waals surface area (Å²) in [5.41, 5.74) is 1.01. The number of nitrogens with one attached hydrogen (secondary N) is 1. The first-order valence-electron chi connectivity index (χ1n) is 7.00. The lowest BCUT2D eigenvalue weighted by atomic mass is 9.83. The van der Waals surface area contributed by atoms with Crippen LogP contribution in [0.15, 0.2) is 6.07 Å². The highest BCUT2D eigenvalue weighted by Gasteiger charge is 2.26. The molecule has 1 amide bonds. The molecule has 1 aromatic heterocycles. The fourth-order valence-electron chi connectivity index (χ4n) is 2.12. The molecule has 19 heavy (non-hydrogen) atoms. The summed E-state index contributed by atoms with van der Waals surface area (Å²) in [6.07, 6.45) is 2.70. The van der Waals surface area contributed by atoms with Crippen molar-refractivity contribution in [2.45, 2.75) is 47.0 Å². The van der Waals surface area contributed by atoms with Gasteiger partial charge in [0.25, 0.3) is 5.91 Å². The number of hydrogen-bond acceptors (Lipinski definition) is 3. The molecule has 1 heterocycles. The number of carbonyl (C=O) groups is 1. The maximum Gasteiger partial charge on any atom is 0.261 e. The zero-order valence-electron chi connectivity index (χ0n) is 12.4. The Morgan fingerprint density at radius 1 is 1.37 bits per heavy atom. The van der Waals surface area contributed by atoms with E-state index in [2.05, 4.69) is 26.1 Å². The summed E-state index contributed by atoms with van der Waals surface area (Å²) in [5.74, 6) is -0.0208. The Balaban J connectivity index is 2.69. The summed E-state index contributed by atoms with van der Waals surface area (Å²) in [6, 6.07) is 1.96. The standard InChI is InChI=1S/C15H25NO2S/c1-5-12-11(4)8-13(19-12)14(18)16-9-15(6-2,7-3)10-17/h8,17H,5-7,9-10H2,1-4H3,(H,16,18). The van der Waals surface area contributed by atoms with Crippen molar-refractivity contribution >= 4 is 17.2 Å². The smallest absolute Gasteiger partial charge is 0.261 e. The van der Waals surface area contributed by atoms with Gasteiger partial charge in [-0.2, -0.15) is 0 Å². The van der Waals surface area contributed by atoms with Gasteiger partial charge in [0.2, 0.25) is 0 Å². The van der Waals surface area contributed by atoms with Crippen molar-refractivity contribution in [3.05, 3.63) is 21.4 Å². The van der Waals surface area contributed by atoms with E-state index in [1.165, 1.54) is 10.4 Å². The molecule has 3 nitrogen and oxygen atoms in total. The zero-order chi connectivity index (χ0) is 14.5. The molecule has 0 atom stereocenters. The predicted octanol–water partition coefficient (Wildman–Crippen LogP) is 3.15. The minimum absolute atomic E-state index is 0.0208. The average molecular weight is 283 g/mol. The molecule has 0 aromatic carbocycles. The number of aliphatic hydroxyl groups excluding tert-OH is 1. The first-order valence-corrected chi connectivity index (χ1v) is 7.82. The highest BCUT2D eigenvalue weighted by molar-refractivity contribution is 7.14. The highest BCUT2D eigenvalue weighted by Crippen LogP contribution is 2.26. The van der Waals surface area contributed by atoms with Crippen LogP contribution in [0.4, 0.5) is 0 Å². The quantitative estimate of drug-likeness (QED) is 0.807. The molecular formula is C15H25NO2S. The van der Waals surface area contributed by atoms with E-state index < -0.39 is 0 Å². The summed E-state index contributed by atoms with van der Waals surface area (Å²) >= 11 is 1.57. The SMILES string of the molecule is CCc1sc(C(=O)NCC(CC)(CC)CO)cc1C. The molecule has 0 aliphatic rings. The van der Waals surface area contributed by atoms with E-state index in [9.17, 15) is 9.90 Å². The van der Waals surface area contributed by atoms with Gasteiger partial charge < -0.3 is 10.4 Å². The lowest BCUT2D eigenvalue weighted by Gasteiger charge is -2.29. The van der Waals surface area contributed by atoms with Gasteiger partial charge in [-0.1, -0.05) is 20.8 Å². The number of hydrogen-bond donors (Lipinski definition) is 2. The van der Waals surface area contributed by atoms with Crippen molar-refractivity contribution in [3.63, 3.8) is 0 Å². The molecule has 0 aliphatic heterocycles. The van der Waals surface area contributed by atoms with Gasteiger partial charge in [-0.15, -0.1) is 11.3 Å². The van der Waals surface area contributed by atoms with Gasteiger partial charge in [-0.3, -0.25) is 4.79 Å². The number of thiophene rings is 1. The van der Waals surface area contributed by atoms with E-state index in [0.717, 1.165) is 24.1 Å². The number of amides is 1. The first-order chi connectivity index (χ1) is 9.01. The van der Waals surface area contributed by atoms with Crippen molar-refractivity contribution in [2.24, 2.45) is 5.41 Å². The molecule has 4 heteroatoms. The minimum atomic E-state index is -0.185. The van der Waals surface area contributed by atoms with E-state index in [-0.39, 0.29) is 17.9 Å². The lowest BCUT2D eigenvalue weighted by Crippen LogP contribution is -2.39. The molecular weight excluding hydrogens is 258 g/mol. The Morgan fingerprint density at radius 3 is 2.42 bits per heavy atom. The van der Waals surface area contributed by atoms with Crippen LogP contribution in [0.3, 0.4) is 0 Å². The molecule has 2 N–H and O–H groups in total. The fourth-order valence-corrected chi connectivity index (χ4v) is 3.15. The Hall–Kier alpha value is -0.870. The van der Waals surface area contributed by atoms with Crippen LogP contribution in [0.1, 0.15) is 53.7 Å². The lowest BCUT2D eigenvalue weighted by molar-refractivity contribution is 0.0854. The van der Waals surface area contributed by atoms with Crippen LogP contribution in [0.2, 0.25) is 0 Å². The van der Waals surface area contributed by atoms with Crippen molar-refractivity contribution in [3.8, 4) is 0 Å². The Kier molecular flexibility index (Phi) is 6.01. The summed E-state index contributed by atoms with van der Waals surface area (Å²) in [6.45, 7) is 8.90. The average Bonchev–Trinajstić information content (AvgIpc) is 2.82. The van der Waals surface area contributed by atoms with E-state index in [0.29, 0.717) is 6.54 Å². The summed E-state index contributed by atoms with van der Waals surface area (Å²) in [4.78, 5) is 14.2. The number of aliphatic hydroxyl groups is 1. The summed E-state index contributed by atoms with van der Waals surface area (Å²) < 4.78 is 0. The van der Waals surface area contributed by atoms with Gasteiger partial charge in [0.1, 0.15) is 0 Å². The van der Waals surface area contributed by atoms with E-state index in [1.807, 2.05) is 13.0 Å². The normalized spacial score (nSPS) is 11.6. The molecule has 108 valence electrons. The third-order valence-electron chi connectivity index (χ3n) is 4.02.